The van der Waals surface area contributed by atoms with Gasteiger partial charge in [0, 0.05) is 39.8 Å². The van der Waals surface area contributed by atoms with Gasteiger partial charge in [0.2, 0.25) is 0 Å². The lowest BCUT2D eigenvalue weighted by molar-refractivity contribution is 0.198. The molecule has 4 aromatic rings. The van der Waals surface area contributed by atoms with Gasteiger partial charge in [0.05, 0.1) is 16.6 Å². The number of pyridine rings is 1. The summed E-state index contributed by atoms with van der Waals surface area (Å²) in [7, 11) is 0. The topological polar surface area (TPSA) is 61.0 Å². The second kappa shape index (κ2) is 9.65. The van der Waals surface area contributed by atoms with Crippen LogP contribution in [-0.2, 0) is 6.54 Å². The molecule has 0 radical (unpaired) electrons. The van der Waals surface area contributed by atoms with E-state index in [1.165, 1.54) is 12.3 Å². The molecule has 0 aliphatic carbocycles. The van der Waals surface area contributed by atoms with Crippen molar-refractivity contribution in [3.8, 4) is 16.9 Å². The van der Waals surface area contributed by atoms with E-state index < -0.39 is 5.82 Å². The number of hydrogen-bond donors (Lipinski definition) is 2. The van der Waals surface area contributed by atoms with Gasteiger partial charge in [-0.1, -0.05) is 43.6 Å². The van der Waals surface area contributed by atoms with Gasteiger partial charge in [-0.25, -0.2) is 9.38 Å². The summed E-state index contributed by atoms with van der Waals surface area (Å²) in [5, 5.41) is 23.0. The Morgan fingerprint density at radius 1 is 1.00 bits per heavy atom. The van der Waals surface area contributed by atoms with Crippen LogP contribution in [-0.4, -0.2) is 33.0 Å². The van der Waals surface area contributed by atoms with Gasteiger partial charge in [0.1, 0.15) is 11.6 Å². The Morgan fingerprint density at radius 2 is 1.76 bits per heavy atom. The zero-order valence-electron chi connectivity index (χ0n) is 18.5. The van der Waals surface area contributed by atoms with Gasteiger partial charge in [-0.15, -0.1) is 0 Å². The highest BCUT2D eigenvalue weighted by molar-refractivity contribution is 6.31. The van der Waals surface area contributed by atoms with Gasteiger partial charge in [0.25, 0.3) is 0 Å². The summed E-state index contributed by atoms with van der Waals surface area (Å²) >= 11 is 6.10. The molecule has 7 heteroatoms. The maximum absolute atomic E-state index is 14.6. The van der Waals surface area contributed by atoms with E-state index in [1.807, 2.05) is 6.07 Å². The van der Waals surface area contributed by atoms with Crippen molar-refractivity contribution in [2.45, 2.75) is 20.4 Å². The molecule has 0 spiro atoms. The standard InChI is InChI=1S/C26H25ClFN3O2/c1-3-30(4-2)16-17-13-19(15-22(26(17)32)20-7-5-6-8-23(20)28)29-24-11-12-31(33)25-14-18(27)9-10-21(24)25/h5-15,32-33H,3-4,16H2,1-2H3. The van der Waals surface area contributed by atoms with Crippen LogP contribution in [0.3, 0.4) is 0 Å². The molecular weight excluding hydrogens is 441 g/mol. The molecule has 0 amide bonds. The van der Waals surface area contributed by atoms with E-state index in [-0.39, 0.29) is 5.75 Å². The van der Waals surface area contributed by atoms with Crippen LogP contribution in [0, 0.1) is 5.82 Å². The van der Waals surface area contributed by atoms with Crippen molar-refractivity contribution in [2.75, 3.05) is 13.1 Å². The molecule has 0 saturated heterocycles. The highest BCUT2D eigenvalue weighted by Gasteiger charge is 2.16. The van der Waals surface area contributed by atoms with E-state index in [0.717, 1.165) is 17.8 Å². The summed E-state index contributed by atoms with van der Waals surface area (Å²) in [5.74, 6) is -0.372. The van der Waals surface area contributed by atoms with E-state index >= 15 is 0 Å². The Kier molecular flexibility index (Phi) is 6.67. The van der Waals surface area contributed by atoms with E-state index in [2.05, 4.69) is 18.7 Å². The first-order chi connectivity index (χ1) is 15.9. The van der Waals surface area contributed by atoms with Crippen LogP contribution in [0.15, 0.2) is 71.9 Å². The van der Waals surface area contributed by atoms with Crippen LogP contribution < -0.4 is 5.36 Å². The molecule has 0 atom stereocenters. The number of aromatic hydroxyl groups is 1. The SMILES string of the molecule is CCN(CC)Cc1cc(N=c2ccn(O)c3cc(Cl)ccc23)cc(-c2ccccc2F)c1O. The zero-order valence-corrected chi connectivity index (χ0v) is 19.2. The third-order valence-electron chi connectivity index (χ3n) is 5.73. The first-order valence-corrected chi connectivity index (χ1v) is 11.2. The fourth-order valence-electron chi connectivity index (χ4n) is 3.89. The summed E-state index contributed by atoms with van der Waals surface area (Å²) in [6.45, 7) is 6.24. The summed E-state index contributed by atoms with van der Waals surface area (Å²) in [6.07, 6.45) is 1.49. The third kappa shape index (κ3) is 4.72. The van der Waals surface area contributed by atoms with Crippen molar-refractivity contribution < 1.29 is 14.7 Å². The van der Waals surface area contributed by atoms with Crippen LogP contribution in [0.2, 0.25) is 5.02 Å². The quantitative estimate of drug-likeness (QED) is 0.337. The fourth-order valence-corrected chi connectivity index (χ4v) is 4.06. The highest BCUT2D eigenvalue weighted by atomic mass is 35.5. The normalized spacial score (nSPS) is 12.1. The minimum Gasteiger partial charge on any atom is -0.507 e. The van der Waals surface area contributed by atoms with E-state index in [1.54, 1.807) is 48.5 Å². The first kappa shape index (κ1) is 22.8. The van der Waals surface area contributed by atoms with Crippen LogP contribution in [0.4, 0.5) is 10.1 Å². The number of rotatable bonds is 6. The molecule has 0 aliphatic rings. The predicted octanol–water partition coefficient (Wildman–Crippen LogP) is 6.12. The van der Waals surface area contributed by atoms with Gasteiger partial charge >= 0.3 is 0 Å². The molecule has 33 heavy (non-hydrogen) atoms. The fraction of sp³-hybridized carbons (Fsp3) is 0.192. The number of phenols is 1. The molecule has 4 rings (SSSR count). The Balaban J connectivity index is 1.96. The lowest BCUT2D eigenvalue weighted by atomic mass is 9.99. The van der Waals surface area contributed by atoms with E-state index in [0.29, 0.717) is 50.2 Å². The Bertz CT molecular complexity index is 1380. The van der Waals surface area contributed by atoms with Crippen LogP contribution in [0.25, 0.3) is 22.0 Å². The average molecular weight is 466 g/mol. The van der Waals surface area contributed by atoms with Gasteiger partial charge in [-0.3, -0.25) is 4.90 Å². The molecule has 3 aromatic carbocycles. The lowest BCUT2D eigenvalue weighted by Gasteiger charge is -2.20. The molecule has 170 valence electrons. The van der Waals surface area contributed by atoms with Gasteiger partial charge < -0.3 is 10.3 Å². The molecule has 0 aliphatic heterocycles. The molecule has 1 aromatic heterocycles. The average Bonchev–Trinajstić information content (AvgIpc) is 2.81. The number of phenolic OH excluding ortho intramolecular Hbond substituents is 1. The summed E-state index contributed by atoms with van der Waals surface area (Å²) < 4.78 is 15.6. The summed E-state index contributed by atoms with van der Waals surface area (Å²) in [6, 6.07) is 16.7. The monoisotopic (exact) mass is 465 g/mol. The minimum atomic E-state index is -0.417. The third-order valence-corrected chi connectivity index (χ3v) is 5.97. The Hall–Kier alpha value is -3.35. The zero-order chi connectivity index (χ0) is 23.5. The Labute approximate surface area is 196 Å². The Morgan fingerprint density at radius 3 is 2.48 bits per heavy atom. The number of halogens is 2. The van der Waals surface area contributed by atoms with Crippen molar-refractivity contribution >= 4 is 28.2 Å². The van der Waals surface area contributed by atoms with Crippen LogP contribution >= 0.6 is 11.6 Å². The molecule has 0 fully saturated rings. The molecule has 0 bridgehead atoms. The van der Waals surface area contributed by atoms with Crippen molar-refractivity contribution in [3.63, 3.8) is 0 Å². The number of fused-ring (bicyclic) bond motifs is 1. The number of hydrogen-bond acceptors (Lipinski definition) is 4. The van der Waals surface area contributed by atoms with Gasteiger partial charge in [0.15, 0.2) is 0 Å². The second-order valence-corrected chi connectivity index (χ2v) is 8.20. The molecule has 2 N–H and O–H groups in total. The summed E-state index contributed by atoms with van der Waals surface area (Å²) in [5.41, 5.74) is 2.45. The lowest BCUT2D eigenvalue weighted by Crippen LogP contribution is -2.22. The largest absolute Gasteiger partial charge is 0.507 e. The van der Waals surface area contributed by atoms with Gasteiger partial charge in [-0.05, 0) is 55.6 Å². The number of benzene rings is 3. The van der Waals surface area contributed by atoms with Crippen LogP contribution in [0.1, 0.15) is 19.4 Å². The molecule has 0 unspecified atom stereocenters. The summed E-state index contributed by atoms with van der Waals surface area (Å²) in [4.78, 5) is 6.96. The maximum atomic E-state index is 14.6. The smallest absolute Gasteiger partial charge is 0.131 e. The van der Waals surface area contributed by atoms with Crippen molar-refractivity contribution in [1.29, 1.82) is 0 Å². The minimum absolute atomic E-state index is 0.0452. The van der Waals surface area contributed by atoms with Crippen molar-refractivity contribution in [1.82, 2.24) is 9.63 Å². The van der Waals surface area contributed by atoms with Gasteiger partial charge in [-0.2, -0.15) is 4.73 Å². The highest BCUT2D eigenvalue weighted by Crippen LogP contribution is 2.38. The van der Waals surface area contributed by atoms with Crippen molar-refractivity contribution in [2.24, 2.45) is 4.99 Å². The predicted molar refractivity (Wildman–Crippen MR) is 129 cm³/mol. The molecular formula is C26H25ClFN3O2. The number of nitrogens with zero attached hydrogens (tertiary/aromatic N) is 3. The molecule has 5 nitrogen and oxygen atoms in total. The number of aromatic nitrogens is 1. The van der Waals surface area contributed by atoms with Crippen LogP contribution in [0.5, 0.6) is 5.75 Å². The van der Waals surface area contributed by atoms with E-state index in [9.17, 15) is 14.7 Å². The van der Waals surface area contributed by atoms with E-state index in [4.69, 9.17) is 16.6 Å². The van der Waals surface area contributed by atoms with Crippen molar-refractivity contribution in [3.05, 3.63) is 88.6 Å². The first-order valence-electron chi connectivity index (χ1n) is 10.8. The molecule has 0 saturated carbocycles. The second-order valence-electron chi connectivity index (χ2n) is 7.76. The maximum Gasteiger partial charge on any atom is 0.131 e. The molecule has 1 heterocycles.